The zero-order valence-corrected chi connectivity index (χ0v) is 12.7. The molecule has 0 spiro atoms. The van der Waals surface area contributed by atoms with E-state index in [-0.39, 0.29) is 0 Å². The van der Waals surface area contributed by atoms with Crippen molar-refractivity contribution in [2.75, 3.05) is 0 Å². The summed E-state index contributed by atoms with van der Waals surface area (Å²) in [5, 5.41) is 1.32. The minimum Gasteiger partial charge on any atom is -0.455 e. The summed E-state index contributed by atoms with van der Waals surface area (Å²) in [6.07, 6.45) is 0. The highest BCUT2D eigenvalue weighted by Crippen LogP contribution is 2.34. The molecule has 17 heavy (non-hydrogen) atoms. The van der Waals surface area contributed by atoms with Crippen molar-refractivity contribution in [2.45, 2.75) is 5.33 Å². The molecule has 2 aromatic rings. The minimum atomic E-state index is 0.613. The van der Waals surface area contributed by atoms with Crippen molar-refractivity contribution < 1.29 is 4.74 Å². The molecule has 2 rings (SSSR count). The minimum absolute atomic E-state index is 0.613. The van der Waals surface area contributed by atoms with E-state index in [1.54, 1.807) is 0 Å². The fraction of sp³-hybridized carbons (Fsp3) is 0.0769. The standard InChI is InChI=1S/C13H9Br2ClO/c14-8-9-3-1-6-12(16)13(9)17-11-5-2-4-10(15)7-11/h1-7H,8H2. The topological polar surface area (TPSA) is 9.23 Å². The van der Waals surface area contributed by atoms with Gasteiger partial charge in [-0.05, 0) is 24.3 Å². The van der Waals surface area contributed by atoms with Gasteiger partial charge in [-0.25, -0.2) is 0 Å². The molecule has 4 heteroatoms. The Bertz CT molecular complexity index is 529. The Morgan fingerprint density at radius 2 is 1.88 bits per heavy atom. The molecule has 0 saturated heterocycles. The molecular weight excluding hydrogens is 367 g/mol. The van der Waals surface area contributed by atoms with Gasteiger partial charge < -0.3 is 4.74 Å². The fourth-order valence-electron chi connectivity index (χ4n) is 1.42. The molecule has 0 N–H and O–H groups in total. The number of hydrogen-bond acceptors (Lipinski definition) is 1. The van der Waals surface area contributed by atoms with Gasteiger partial charge in [-0.3, -0.25) is 0 Å². The summed E-state index contributed by atoms with van der Waals surface area (Å²) in [7, 11) is 0. The van der Waals surface area contributed by atoms with Crippen molar-refractivity contribution in [3.05, 3.63) is 57.5 Å². The summed E-state index contributed by atoms with van der Waals surface area (Å²) < 4.78 is 6.79. The lowest BCUT2D eigenvalue weighted by Gasteiger charge is -2.11. The van der Waals surface area contributed by atoms with Crippen molar-refractivity contribution in [3.8, 4) is 11.5 Å². The summed E-state index contributed by atoms with van der Waals surface area (Å²) >= 11 is 13.0. The van der Waals surface area contributed by atoms with Crippen molar-refractivity contribution in [1.82, 2.24) is 0 Å². The number of rotatable bonds is 3. The highest BCUT2D eigenvalue weighted by molar-refractivity contribution is 9.10. The molecule has 0 aliphatic rings. The van der Waals surface area contributed by atoms with Gasteiger partial charge in [0.05, 0.1) is 5.02 Å². The monoisotopic (exact) mass is 374 g/mol. The first-order chi connectivity index (χ1) is 8.20. The highest BCUT2D eigenvalue weighted by Gasteiger charge is 2.08. The van der Waals surface area contributed by atoms with Crippen molar-refractivity contribution in [2.24, 2.45) is 0 Å². The summed E-state index contributed by atoms with van der Waals surface area (Å²) in [6, 6.07) is 13.4. The van der Waals surface area contributed by atoms with Gasteiger partial charge in [0.25, 0.3) is 0 Å². The quantitative estimate of drug-likeness (QED) is 0.616. The molecule has 0 aliphatic heterocycles. The van der Waals surface area contributed by atoms with Crippen LogP contribution in [0.5, 0.6) is 11.5 Å². The van der Waals surface area contributed by atoms with E-state index in [2.05, 4.69) is 31.9 Å². The van der Waals surface area contributed by atoms with Crippen LogP contribution < -0.4 is 4.74 Å². The molecule has 1 nitrogen and oxygen atoms in total. The van der Waals surface area contributed by atoms with Gasteiger partial charge in [0.15, 0.2) is 0 Å². The summed E-state index contributed by atoms with van der Waals surface area (Å²) in [5.74, 6) is 1.46. The molecular formula is C13H9Br2ClO. The normalized spacial score (nSPS) is 10.3. The first kappa shape index (κ1) is 12.9. The molecule has 0 heterocycles. The smallest absolute Gasteiger partial charge is 0.150 e. The maximum atomic E-state index is 6.14. The second-order valence-corrected chi connectivity index (χ2v) is 5.30. The molecule has 0 amide bonds. The van der Waals surface area contributed by atoms with Crippen LogP contribution in [0.2, 0.25) is 5.02 Å². The Balaban J connectivity index is 2.35. The average Bonchev–Trinajstić information content (AvgIpc) is 2.32. The Labute approximate surface area is 122 Å². The summed E-state index contributed by atoms with van der Waals surface area (Å²) in [4.78, 5) is 0. The highest BCUT2D eigenvalue weighted by atomic mass is 79.9. The van der Waals surface area contributed by atoms with Crippen molar-refractivity contribution in [3.63, 3.8) is 0 Å². The molecule has 0 bridgehead atoms. The lowest BCUT2D eigenvalue weighted by Crippen LogP contribution is -1.90. The number of hydrogen-bond donors (Lipinski definition) is 0. The number of benzene rings is 2. The maximum Gasteiger partial charge on any atom is 0.150 e. The van der Waals surface area contributed by atoms with Gasteiger partial charge in [0, 0.05) is 15.4 Å². The van der Waals surface area contributed by atoms with Crippen LogP contribution in [0, 0.1) is 0 Å². The van der Waals surface area contributed by atoms with Crippen LogP contribution in [0.15, 0.2) is 46.9 Å². The lowest BCUT2D eigenvalue weighted by atomic mass is 10.2. The number of para-hydroxylation sites is 1. The number of ether oxygens (including phenoxy) is 1. The maximum absolute atomic E-state index is 6.14. The summed E-state index contributed by atoms with van der Waals surface area (Å²) in [6.45, 7) is 0. The van der Waals surface area contributed by atoms with Crippen LogP contribution in [0.1, 0.15) is 5.56 Å². The molecule has 0 unspecified atom stereocenters. The van der Waals surface area contributed by atoms with Gasteiger partial charge in [-0.15, -0.1) is 0 Å². The third kappa shape index (κ3) is 3.24. The van der Waals surface area contributed by atoms with E-state index in [9.17, 15) is 0 Å². The first-order valence-corrected chi connectivity index (χ1v) is 7.26. The molecule has 0 aromatic heterocycles. The lowest BCUT2D eigenvalue weighted by molar-refractivity contribution is 0.478. The van der Waals surface area contributed by atoms with E-state index >= 15 is 0 Å². The molecule has 0 saturated carbocycles. The molecule has 0 radical (unpaired) electrons. The van der Waals surface area contributed by atoms with E-state index in [0.29, 0.717) is 16.1 Å². The van der Waals surface area contributed by atoms with E-state index < -0.39 is 0 Å². The number of alkyl halides is 1. The molecule has 0 aliphatic carbocycles. The van der Waals surface area contributed by atoms with Crippen LogP contribution in [-0.2, 0) is 5.33 Å². The number of halogens is 3. The van der Waals surface area contributed by atoms with Gasteiger partial charge in [-0.1, -0.05) is 61.7 Å². The van der Waals surface area contributed by atoms with E-state index in [1.165, 1.54) is 0 Å². The Morgan fingerprint density at radius 1 is 1.12 bits per heavy atom. The molecule has 2 aromatic carbocycles. The van der Waals surface area contributed by atoms with Crippen molar-refractivity contribution >= 4 is 43.5 Å². The largest absolute Gasteiger partial charge is 0.455 e. The van der Waals surface area contributed by atoms with Crippen LogP contribution >= 0.6 is 43.5 Å². The SMILES string of the molecule is Clc1cccc(CBr)c1Oc1cccc(Br)c1. The predicted octanol–water partition coefficient (Wildman–Crippen LogP) is 5.79. The van der Waals surface area contributed by atoms with Crippen LogP contribution in [0.4, 0.5) is 0 Å². The van der Waals surface area contributed by atoms with Gasteiger partial charge in [0.1, 0.15) is 11.5 Å². The summed E-state index contributed by atoms with van der Waals surface area (Å²) in [5.41, 5.74) is 1.03. The second-order valence-electron chi connectivity index (χ2n) is 3.42. The van der Waals surface area contributed by atoms with Crippen LogP contribution in [-0.4, -0.2) is 0 Å². The second kappa shape index (κ2) is 5.89. The first-order valence-electron chi connectivity index (χ1n) is 4.97. The van der Waals surface area contributed by atoms with Crippen LogP contribution in [0.3, 0.4) is 0 Å². The van der Waals surface area contributed by atoms with E-state index in [1.807, 2.05) is 42.5 Å². The van der Waals surface area contributed by atoms with Crippen LogP contribution in [0.25, 0.3) is 0 Å². The predicted molar refractivity (Wildman–Crippen MR) is 78.3 cm³/mol. The zero-order chi connectivity index (χ0) is 12.3. The zero-order valence-electron chi connectivity index (χ0n) is 8.79. The molecule has 0 fully saturated rings. The van der Waals surface area contributed by atoms with E-state index in [0.717, 1.165) is 15.8 Å². The van der Waals surface area contributed by atoms with Gasteiger partial charge in [0.2, 0.25) is 0 Å². The Kier molecular flexibility index (Phi) is 4.48. The van der Waals surface area contributed by atoms with E-state index in [4.69, 9.17) is 16.3 Å². The Hall–Kier alpha value is -0.510. The third-order valence-electron chi connectivity index (χ3n) is 2.21. The average molecular weight is 376 g/mol. The third-order valence-corrected chi connectivity index (χ3v) is 3.60. The Morgan fingerprint density at radius 3 is 2.59 bits per heavy atom. The van der Waals surface area contributed by atoms with Gasteiger partial charge >= 0.3 is 0 Å². The molecule has 0 atom stereocenters. The van der Waals surface area contributed by atoms with Crippen molar-refractivity contribution in [1.29, 1.82) is 0 Å². The molecule has 88 valence electrons. The fourth-order valence-corrected chi connectivity index (χ4v) is 2.47. The van der Waals surface area contributed by atoms with Gasteiger partial charge in [-0.2, -0.15) is 0 Å².